The highest BCUT2D eigenvalue weighted by molar-refractivity contribution is 6.31. The number of alkyl halides is 3. The minimum atomic E-state index is -4.63. The minimum absolute atomic E-state index is 0.0322. The van der Waals surface area contributed by atoms with Crippen LogP contribution >= 0.6 is 11.6 Å². The first-order chi connectivity index (χ1) is 13.6. The Hall–Kier alpha value is -3.20. The number of rotatable bonds is 6. The van der Waals surface area contributed by atoms with Crippen molar-refractivity contribution in [2.75, 3.05) is 19.5 Å². The van der Waals surface area contributed by atoms with Crippen LogP contribution in [0.4, 0.5) is 18.9 Å². The second kappa shape index (κ2) is 8.87. The fraction of sp³-hybridized carbons (Fsp3) is 0.158. The van der Waals surface area contributed by atoms with Gasteiger partial charge in [-0.05, 0) is 29.8 Å². The molecule has 0 atom stereocenters. The Morgan fingerprint density at radius 1 is 1.10 bits per heavy atom. The molecule has 0 saturated heterocycles. The van der Waals surface area contributed by atoms with Crippen LogP contribution in [0.3, 0.4) is 0 Å². The smallest absolute Gasteiger partial charge is 0.417 e. The van der Waals surface area contributed by atoms with Gasteiger partial charge in [-0.3, -0.25) is 9.59 Å². The monoisotopic (exact) mass is 428 g/mol. The predicted molar refractivity (Wildman–Crippen MR) is 102 cm³/mol. The number of hydrogen-bond donors (Lipinski definition) is 2. The maximum atomic E-state index is 12.9. The number of hydrogen-bond acceptors (Lipinski definition) is 4. The summed E-state index contributed by atoms with van der Waals surface area (Å²) in [7, 11) is 2.73. The summed E-state index contributed by atoms with van der Waals surface area (Å²) in [6.07, 6.45) is -2.45. The number of anilines is 1. The third kappa shape index (κ3) is 5.41. The lowest BCUT2D eigenvalue weighted by atomic mass is 10.1. The summed E-state index contributed by atoms with van der Waals surface area (Å²) < 4.78 is 48.9. The number of carbonyl (C=O) groups is 2. The van der Waals surface area contributed by atoms with Gasteiger partial charge in [-0.15, -0.1) is 0 Å². The predicted octanol–water partition coefficient (Wildman–Crippen LogP) is 4.13. The van der Waals surface area contributed by atoms with Gasteiger partial charge < -0.3 is 20.5 Å². The van der Waals surface area contributed by atoms with Crippen molar-refractivity contribution >= 4 is 35.2 Å². The van der Waals surface area contributed by atoms with Gasteiger partial charge in [0.15, 0.2) is 11.5 Å². The van der Waals surface area contributed by atoms with Crippen LogP contribution in [-0.2, 0) is 11.0 Å². The average molecular weight is 429 g/mol. The molecule has 10 heteroatoms. The van der Waals surface area contributed by atoms with Crippen LogP contribution in [-0.4, -0.2) is 26.0 Å². The number of nitrogens with one attached hydrogen (secondary N) is 1. The first kappa shape index (κ1) is 22.1. The zero-order chi connectivity index (χ0) is 21.8. The summed E-state index contributed by atoms with van der Waals surface area (Å²) in [4.78, 5) is 23.8. The zero-order valence-corrected chi connectivity index (χ0v) is 16.0. The molecular weight excluding hydrogens is 413 g/mol. The van der Waals surface area contributed by atoms with Gasteiger partial charge in [0, 0.05) is 12.1 Å². The van der Waals surface area contributed by atoms with Gasteiger partial charge in [-0.1, -0.05) is 17.7 Å². The molecule has 0 unspecified atom stereocenters. The molecule has 0 aliphatic heterocycles. The van der Waals surface area contributed by atoms with E-state index in [0.29, 0.717) is 0 Å². The lowest BCUT2D eigenvalue weighted by Crippen LogP contribution is -2.17. The van der Waals surface area contributed by atoms with Crippen molar-refractivity contribution in [3.8, 4) is 11.5 Å². The van der Waals surface area contributed by atoms with Crippen molar-refractivity contribution in [2.24, 2.45) is 5.73 Å². The maximum absolute atomic E-state index is 12.9. The van der Waals surface area contributed by atoms with Crippen LogP contribution in [0.5, 0.6) is 11.5 Å². The lowest BCUT2D eigenvalue weighted by molar-refractivity contribution is -0.137. The van der Waals surface area contributed by atoms with E-state index in [-0.39, 0.29) is 28.3 Å². The van der Waals surface area contributed by atoms with E-state index in [0.717, 1.165) is 18.2 Å². The van der Waals surface area contributed by atoms with E-state index < -0.39 is 28.6 Å². The fourth-order valence-electron chi connectivity index (χ4n) is 2.40. The number of nitrogens with two attached hydrogens (primary N) is 1. The molecule has 2 amide bonds. The molecule has 0 heterocycles. The van der Waals surface area contributed by atoms with E-state index in [9.17, 15) is 22.8 Å². The molecule has 0 saturated carbocycles. The van der Waals surface area contributed by atoms with Crippen LogP contribution in [0, 0.1) is 0 Å². The average Bonchev–Trinajstić information content (AvgIpc) is 2.65. The van der Waals surface area contributed by atoms with Crippen LogP contribution in [0.15, 0.2) is 36.4 Å². The summed E-state index contributed by atoms with van der Waals surface area (Å²) >= 11 is 5.56. The number of methoxy groups -OCH3 is 2. The van der Waals surface area contributed by atoms with E-state index in [1.54, 1.807) is 0 Å². The molecule has 0 radical (unpaired) electrons. The largest absolute Gasteiger partial charge is 0.493 e. The Morgan fingerprint density at radius 2 is 1.72 bits per heavy atom. The number of carbonyl (C=O) groups excluding carboxylic acids is 2. The van der Waals surface area contributed by atoms with E-state index in [4.69, 9.17) is 26.8 Å². The van der Waals surface area contributed by atoms with Gasteiger partial charge >= 0.3 is 6.18 Å². The molecule has 2 aromatic carbocycles. The molecule has 2 aromatic rings. The van der Waals surface area contributed by atoms with Crippen molar-refractivity contribution in [3.63, 3.8) is 0 Å². The fourth-order valence-corrected chi connectivity index (χ4v) is 2.62. The van der Waals surface area contributed by atoms with E-state index >= 15 is 0 Å². The minimum Gasteiger partial charge on any atom is -0.493 e. The Morgan fingerprint density at radius 3 is 2.28 bits per heavy atom. The molecule has 6 nitrogen and oxygen atoms in total. The lowest BCUT2D eigenvalue weighted by Gasteiger charge is -2.13. The summed E-state index contributed by atoms with van der Waals surface area (Å²) in [5.74, 6) is -1.05. The molecule has 2 rings (SSSR count). The molecular formula is C19H16ClF3N2O4. The first-order valence-corrected chi connectivity index (χ1v) is 8.36. The van der Waals surface area contributed by atoms with Crippen molar-refractivity contribution in [1.82, 2.24) is 0 Å². The quantitative estimate of drug-likeness (QED) is 0.677. The summed E-state index contributed by atoms with van der Waals surface area (Å²) in [6.45, 7) is 0. The first-order valence-electron chi connectivity index (χ1n) is 7.98. The molecule has 29 heavy (non-hydrogen) atoms. The molecule has 0 fully saturated rings. The Labute approximate surface area is 169 Å². The number of amides is 2. The molecule has 0 bridgehead atoms. The molecule has 0 aromatic heterocycles. The Balaban J connectivity index is 2.28. The number of primary amides is 1. The van der Waals surface area contributed by atoms with E-state index in [1.165, 1.54) is 38.5 Å². The van der Waals surface area contributed by atoms with Crippen molar-refractivity contribution in [1.29, 1.82) is 0 Å². The summed E-state index contributed by atoms with van der Waals surface area (Å²) in [5.41, 5.74) is 4.43. The van der Waals surface area contributed by atoms with Crippen molar-refractivity contribution in [3.05, 3.63) is 58.1 Å². The van der Waals surface area contributed by atoms with Crippen LogP contribution < -0.4 is 20.5 Å². The number of halogens is 4. The molecule has 0 aliphatic carbocycles. The van der Waals surface area contributed by atoms with Crippen LogP contribution in [0.2, 0.25) is 5.02 Å². The zero-order valence-electron chi connectivity index (χ0n) is 15.3. The summed E-state index contributed by atoms with van der Waals surface area (Å²) in [5, 5.41) is 1.99. The third-order valence-corrected chi connectivity index (χ3v) is 4.10. The Kier molecular flexibility index (Phi) is 6.76. The number of ether oxygens (including phenoxy) is 2. The molecule has 3 N–H and O–H groups in total. The van der Waals surface area contributed by atoms with E-state index in [1.807, 2.05) is 0 Å². The van der Waals surface area contributed by atoms with Crippen LogP contribution in [0.25, 0.3) is 6.08 Å². The highest BCUT2D eigenvalue weighted by Crippen LogP contribution is 2.35. The maximum Gasteiger partial charge on any atom is 0.417 e. The van der Waals surface area contributed by atoms with Gasteiger partial charge in [0.2, 0.25) is 5.91 Å². The molecule has 0 spiro atoms. The second-order valence-electron chi connectivity index (χ2n) is 5.68. The third-order valence-electron chi connectivity index (χ3n) is 3.77. The number of benzene rings is 2. The van der Waals surface area contributed by atoms with Gasteiger partial charge in [-0.2, -0.15) is 13.2 Å². The topological polar surface area (TPSA) is 90.6 Å². The van der Waals surface area contributed by atoms with Crippen LogP contribution in [0.1, 0.15) is 21.5 Å². The molecule has 0 aliphatic rings. The standard InChI is InChI=1S/C19H16ClF3N2O4/c1-28-15-8-11(18(24)27)14(9-16(15)29-2)25-17(26)6-4-10-3-5-13(20)12(7-10)19(21,22)23/h3-9H,1-2H3,(H2,24,27)(H,25,26). The highest BCUT2D eigenvalue weighted by Gasteiger charge is 2.33. The van der Waals surface area contributed by atoms with Gasteiger partial charge in [-0.25, -0.2) is 0 Å². The van der Waals surface area contributed by atoms with Gasteiger partial charge in [0.25, 0.3) is 5.91 Å². The highest BCUT2D eigenvalue weighted by atomic mass is 35.5. The van der Waals surface area contributed by atoms with Crippen molar-refractivity contribution < 1.29 is 32.2 Å². The van der Waals surface area contributed by atoms with E-state index in [2.05, 4.69) is 5.32 Å². The normalized spacial score (nSPS) is 11.4. The molecule has 154 valence electrons. The van der Waals surface area contributed by atoms with Gasteiger partial charge in [0.05, 0.1) is 36.1 Å². The SMILES string of the molecule is COc1cc(NC(=O)C=Cc2ccc(Cl)c(C(F)(F)F)c2)c(C(N)=O)cc1OC. The van der Waals surface area contributed by atoms with Gasteiger partial charge in [0.1, 0.15) is 0 Å². The summed E-state index contributed by atoms with van der Waals surface area (Å²) in [6, 6.07) is 5.87. The van der Waals surface area contributed by atoms with Crippen molar-refractivity contribution in [2.45, 2.75) is 6.18 Å². The Bertz CT molecular complexity index is 975. The second-order valence-corrected chi connectivity index (χ2v) is 6.08.